The van der Waals surface area contributed by atoms with E-state index in [0.717, 1.165) is 16.5 Å². The first kappa shape index (κ1) is 13.3. The molecule has 1 fully saturated rings. The highest BCUT2D eigenvalue weighted by molar-refractivity contribution is 6.03. The minimum atomic E-state index is -0.225. The maximum Gasteiger partial charge on any atom is 0.182 e. The molecule has 0 saturated carbocycles. The molecule has 2 aromatic rings. The van der Waals surface area contributed by atoms with Crippen molar-refractivity contribution < 1.29 is 9.53 Å². The average Bonchev–Trinajstić information content (AvgIpc) is 3.14. The summed E-state index contributed by atoms with van der Waals surface area (Å²) >= 11 is 0. The van der Waals surface area contributed by atoms with Crippen LogP contribution in [-0.2, 0) is 4.74 Å². The number of fused-ring (bicyclic) bond motifs is 1. The summed E-state index contributed by atoms with van der Waals surface area (Å²) in [5, 5.41) is 7.37. The number of aromatic amines is 1. The fraction of sp³-hybridized carbons (Fsp3) is 0.400. The van der Waals surface area contributed by atoms with Crippen LogP contribution >= 0.6 is 0 Å². The highest BCUT2D eigenvalue weighted by atomic mass is 16.5. The summed E-state index contributed by atoms with van der Waals surface area (Å²) in [5.74, 6) is 0.0914. The summed E-state index contributed by atoms with van der Waals surface area (Å²) in [5.41, 5.74) is 2.95. The number of hydrogen-bond acceptors (Lipinski definition) is 4. The summed E-state index contributed by atoms with van der Waals surface area (Å²) in [6, 6.07) is 5.81. The van der Waals surface area contributed by atoms with E-state index in [9.17, 15) is 4.79 Å². The number of aromatic nitrogens is 1. The fourth-order valence-electron chi connectivity index (χ4n) is 2.57. The van der Waals surface area contributed by atoms with Gasteiger partial charge in [-0.05, 0) is 37.7 Å². The van der Waals surface area contributed by atoms with Gasteiger partial charge >= 0.3 is 0 Å². The van der Waals surface area contributed by atoms with Gasteiger partial charge in [0.1, 0.15) is 0 Å². The van der Waals surface area contributed by atoms with Crippen molar-refractivity contribution >= 4 is 16.7 Å². The van der Waals surface area contributed by atoms with E-state index in [1.807, 2.05) is 31.4 Å². The molecule has 5 nitrogen and oxygen atoms in total. The average molecular weight is 273 g/mol. The number of ketones is 1. The van der Waals surface area contributed by atoms with Gasteiger partial charge in [-0.15, -0.1) is 0 Å². The van der Waals surface area contributed by atoms with Crippen molar-refractivity contribution in [2.24, 2.45) is 0 Å². The molecule has 106 valence electrons. The molecule has 0 aliphatic carbocycles. The molecule has 1 saturated heterocycles. The molecule has 0 amide bonds. The van der Waals surface area contributed by atoms with Crippen LogP contribution in [0.15, 0.2) is 24.4 Å². The standard InChI is InChI=1S/C15H19N3O2/c1-9(16-2)12-6-17-13-4-3-10(5-11(12)13)15(19)14-7-20-8-18-14/h3-6,9,14,16-18H,7-8H2,1-2H3. The Bertz CT molecular complexity index is 629. The van der Waals surface area contributed by atoms with Gasteiger partial charge < -0.3 is 15.0 Å². The molecule has 1 aromatic heterocycles. The fourth-order valence-corrected chi connectivity index (χ4v) is 2.57. The van der Waals surface area contributed by atoms with Gasteiger partial charge in [-0.1, -0.05) is 0 Å². The molecule has 5 heteroatoms. The SMILES string of the molecule is CNC(C)c1c[nH]c2ccc(C(=O)C3COCN3)cc12. The molecule has 20 heavy (non-hydrogen) atoms. The Hall–Kier alpha value is -1.69. The number of nitrogens with one attached hydrogen (secondary N) is 3. The van der Waals surface area contributed by atoms with Crippen molar-refractivity contribution in [2.75, 3.05) is 20.4 Å². The topological polar surface area (TPSA) is 66.2 Å². The van der Waals surface area contributed by atoms with Crippen LogP contribution < -0.4 is 10.6 Å². The Morgan fingerprint density at radius 2 is 2.35 bits per heavy atom. The Morgan fingerprint density at radius 3 is 3.05 bits per heavy atom. The molecule has 0 radical (unpaired) electrons. The van der Waals surface area contributed by atoms with E-state index >= 15 is 0 Å². The monoisotopic (exact) mass is 273 g/mol. The molecule has 3 rings (SSSR count). The number of hydrogen-bond donors (Lipinski definition) is 3. The van der Waals surface area contributed by atoms with Crippen LogP contribution in [0.2, 0.25) is 0 Å². The Labute approximate surface area is 117 Å². The van der Waals surface area contributed by atoms with Crippen LogP contribution in [0.5, 0.6) is 0 Å². The van der Waals surface area contributed by atoms with Gasteiger partial charge in [-0.3, -0.25) is 10.1 Å². The summed E-state index contributed by atoms with van der Waals surface area (Å²) in [7, 11) is 1.93. The second-order valence-electron chi connectivity index (χ2n) is 5.15. The van der Waals surface area contributed by atoms with Crippen molar-refractivity contribution in [3.63, 3.8) is 0 Å². The van der Waals surface area contributed by atoms with E-state index in [1.165, 1.54) is 5.56 Å². The van der Waals surface area contributed by atoms with E-state index in [0.29, 0.717) is 13.3 Å². The molecule has 0 spiro atoms. The second kappa shape index (κ2) is 5.36. The normalized spacial score (nSPS) is 20.4. The number of carbonyl (C=O) groups is 1. The van der Waals surface area contributed by atoms with Crippen molar-refractivity contribution in [1.82, 2.24) is 15.6 Å². The van der Waals surface area contributed by atoms with E-state index in [2.05, 4.69) is 22.5 Å². The highest BCUT2D eigenvalue weighted by Gasteiger charge is 2.24. The van der Waals surface area contributed by atoms with Crippen LogP contribution in [0.4, 0.5) is 0 Å². The number of Topliss-reactive ketones (excluding diaryl/α,β-unsaturated/α-hetero) is 1. The van der Waals surface area contributed by atoms with Gasteiger partial charge in [0.2, 0.25) is 0 Å². The van der Waals surface area contributed by atoms with Crippen LogP contribution in [0.3, 0.4) is 0 Å². The lowest BCUT2D eigenvalue weighted by Crippen LogP contribution is -2.32. The number of rotatable bonds is 4. The molecule has 2 atom stereocenters. The molecule has 0 bridgehead atoms. The predicted octanol–water partition coefficient (Wildman–Crippen LogP) is 1.58. The molecule has 1 aliphatic rings. The van der Waals surface area contributed by atoms with E-state index in [1.54, 1.807) is 0 Å². The zero-order valence-corrected chi connectivity index (χ0v) is 11.7. The largest absolute Gasteiger partial charge is 0.364 e. The second-order valence-corrected chi connectivity index (χ2v) is 5.15. The van der Waals surface area contributed by atoms with Gasteiger partial charge in [0.05, 0.1) is 19.4 Å². The van der Waals surface area contributed by atoms with Gasteiger partial charge in [0, 0.05) is 28.7 Å². The maximum absolute atomic E-state index is 12.4. The summed E-state index contributed by atoms with van der Waals surface area (Å²) in [6.45, 7) is 3.00. The lowest BCUT2D eigenvalue weighted by Gasteiger charge is -2.10. The highest BCUT2D eigenvalue weighted by Crippen LogP contribution is 2.25. The van der Waals surface area contributed by atoms with Crippen molar-refractivity contribution in [2.45, 2.75) is 19.0 Å². The quantitative estimate of drug-likeness (QED) is 0.740. The molecule has 3 N–H and O–H groups in total. The Balaban J connectivity index is 1.98. The third kappa shape index (κ3) is 2.24. The predicted molar refractivity (Wildman–Crippen MR) is 77.8 cm³/mol. The first-order valence-corrected chi connectivity index (χ1v) is 6.84. The van der Waals surface area contributed by atoms with Gasteiger partial charge in [-0.25, -0.2) is 0 Å². The molecule has 1 aromatic carbocycles. The summed E-state index contributed by atoms with van der Waals surface area (Å²) in [4.78, 5) is 15.6. The van der Waals surface area contributed by atoms with Gasteiger partial charge in [-0.2, -0.15) is 0 Å². The van der Waals surface area contributed by atoms with Crippen LogP contribution in [0.25, 0.3) is 10.9 Å². The maximum atomic E-state index is 12.4. The third-order valence-corrected chi connectivity index (χ3v) is 3.93. The molecular weight excluding hydrogens is 254 g/mol. The summed E-state index contributed by atoms with van der Waals surface area (Å²) in [6.07, 6.45) is 2.00. The first-order chi connectivity index (χ1) is 9.70. The lowest BCUT2D eigenvalue weighted by atomic mass is 10.0. The van der Waals surface area contributed by atoms with Crippen LogP contribution in [0, 0.1) is 0 Å². The van der Waals surface area contributed by atoms with E-state index in [4.69, 9.17) is 4.74 Å². The number of carbonyl (C=O) groups excluding carboxylic acids is 1. The number of benzene rings is 1. The molecule has 2 heterocycles. The Morgan fingerprint density at radius 1 is 1.50 bits per heavy atom. The van der Waals surface area contributed by atoms with Crippen molar-refractivity contribution in [3.05, 3.63) is 35.5 Å². The number of ether oxygens (including phenoxy) is 1. The molecular formula is C15H19N3O2. The van der Waals surface area contributed by atoms with E-state index in [-0.39, 0.29) is 17.9 Å². The van der Waals surface area contributed by atoms with Crippen molar-refractivity contribution in [1.29, 1.82) is 0 Å². The third-order valence-electron chi connectivity index (χ3n) is 3.93. The zero-order valence-electron chi connectivity index (χ0n) is 11.7. The first-order valence-electron chi connectivity index (χ1n) is 6.84. The molecule has 1 aliphatic heterocycles. The zero-order chi connectivity index (χ0) is 14.1. The Kier molecular flexibility index (Phi) is 3.56. The van der Waals surface area contributed by atoms with Crippen LogP contribution in [-0.4, -0.2) is 37.2 Å². The smallest absolute Gasteiger partial charge is 0.182 e. The summed E-state index contributed by atoms with van der Waals surface area (Å²) < 4.78 is 5.20. The molecule has 2 unspecified atom stereocenters. The minimum absolute atomic E-state index is 0.0914. The number of H-pyrrole nitrogens is 1. The van der Waals surface area contributed by atoms with Gasteiger partial charge in [0.25, 0.3) is 0 Å². The van der Waals surface area contributed by atoms with Crippen LogP contribution in [0.1, 0.15) is 28.9 Å². The van der Waals surface area contributed by atoms with Crippen molar-refractivity contribution in [3.8, 4) is 0 Å². The minimum Gasteiger partial charge on any atom is -0.364 e. The van der Waals surface area contributed by atoms with E-state index < -0.39 is 0 Å². The van der Waals surface area contributed by atoms with Gasteiger partial charge in [0.15, 0.2) is 5.78 Å². The lowest BCUT2D eigenvalue weighted by molar-refractivity contribution is 0.0942.